The Morgan fingerprint density at radius 3 is 2.20 bits per heavy atom. The topological polar surface area (TPSA) is 103 Å². The van der Waals surface area contributed by atoms with E-state index >= 15 is 0 Å². The first-order valence-electron chi connectivity index (χ1n) is 15.1. The highest BCUT2D eigenvalue weighted by Crippen LogP contribution is 2.39. The number of pyridine rings is 1. The van der Waals surface area contributed by atoms with Gasteiger partial charge in [-0.15, -0.1) is 0 Å². The number of aliphatic carboxylic acids is 1. The van der Waals surface area contributed by atoms with E-state index in [0.717, 1.165) is 5.69 Å². The SMILES string of the molecule is CC1=C(C(=O)NCCC(c2ccccc2)c2ccccc2)C(c2cccc(Cl)c2)C(C(=O)O)=C(CNCCc2ccccn2)N1. The second-order valence-corrected chi connectivity index (χ2v) is 11.5. The number of allylic oxidation sites excluding steroid dienone is 1. The largest absolute Gasteiger partial charge is 0.478 e. The summed E-state index contributed by atoms with van der Waals surface area (Å²) < 4.78 is 0. The van der Waals surface area contributed by atoms with Gasteiger partial charge in [-0.3, -0.25) is 9.78 Å². The Balaban J connectivity index is 1.37. The number of benzene rings is 3. The summed E-state index contributed by atoms with van der Waals surface area (Å²) in [5, 5.41) is 20.7. The molecule has 45 heavy (non-hydrogen) atoms. The quantitative estimate of drug-likeness (QED) is 0.133. The fourth-order valence-corrected chi connectivity index (χ4v) is 6.11. The van der Waals surface area contributed by atoms with Crippen molar-refractivity contribution in [3.8, 4) is 0 Å². The molecule has 4 N–H and O–H groups in total. The number of dihydropyridines is 1. The second-order valence-electron chi connectivity index (χ2n) is 11.0. The number of hydrogen-bond acceptors (Lipinski definition) is 5. The molecular formula is C37H37ClN4O3. The fraction of sp³-hybridized carbons (Fsp3) is 0.216. The molecule has 0 fully saturated rings. The highest BCUT2D eigenvalue weighted by molar-refractivity contribution is 6.30. The van der Waals surface area contributed by atoms with Crippen molar-refractivity contribution >= 4 is 23.5 Å². The summed E-state index contributed by atoms with van der Waals surface area (Å²) in [4.78, 5) is 31.2. The summed E-state index contributed by atoms with van der Waals surface area (Å²) in [6.07, 6.45) is 3.13. The van der Waals surface area contributed by atoms with Gasteiger partial charge in [0, 0.05) is 65.9 Å². The zero-order valence-corrected chi connectivity index (χ0v) is 25.9. The molecule has 0 radical (unpaired) electrons. The Kier molecular flexibility index (Phi) is 10.8. The second kappa shape index (κ2) is 15.3. The van der Waals surface area contributed by atoms with Crippen LogP contribution < -0.4 is 16.0 Å². The molecule has 8 heteroatoms. The van der Waals surface area contributed by atoms with Crippen LogP contribution in [0.2, 0.25) is 5.02 Å². The lowest BCUT2D eigenvalue weighted by Gasteiger charge is -2.31. The summed E-state index contributed by atoms with van der Waals surface area (Å²) in [6.45, 7) is 3.11. The van der Waals surface area contributed by atoms with Gasteiger partial charge in [-0.2, -0.15) is 0 Å². The van der Waals surface area contributed by atoms with Crippen molar-refractivity contribution in [2.45, 2.75) is 31.6 Å². The van der Waals surface area contributed by atoms with Crippen molar-refractivity contribution in [1.29, 1.82) is 0 Å². The molecule has 1 aromatic heterocycles. The zero-order valence-electron chi connectivity index (χ0n) is 25.2. The molecule has 5 rings (SSSR count). The highest BCUT2D eigenvalue weighted by Gasteiger charge is 2.37. The van der Waals surface area contributed by atoms with Crippen LogP contribution in [0.4, 0.5) is 0 Å². The van der Waals surface area contributed by atoms with Gasteiger partial charge in [0.05, 0.1) is 11.5 Å². The van der Waals surface area contributed by atoms with E-state index in [1.54, 1.807) is 24.4 Å². The van der Waals surface area contributed by atoms with E-state index in [9.17, 15) is 14.7 Å². The summed E-state index contributed by atoms with van der Waals surface area (Å²) in [6, 6.07) is 33.3. The Labute approximate surface area is 269 Å². The first-order chi connectivity index (χ1) is 21.9. The van der Waals surface area contributed by atoms with Crippen molar-refractivity contribution < 1.29 is 14.7 Å². The Morgan fingerprint density at radius 2 is 1.58 bits per heavy atom. The number of nitrogens with zero attached hydrogens (tertiary/aromatic N) is 1. The average molecular weight is 621 g/mol. The van der Waals surface area contributed by atoms with Crippen LogP contribution in [0.1, 0.15) is 47.6 Å². The van der Waals surface area contributed by atoms with Crippen molar-refractivity contribution in [3.63, 3.8) is 0 Å². The van der Waals surface area contributed by atoms with E-state index in [4.69, 9.17) is 11.6 Å². The normalized spacial score (nSPS) is 14.8. The number of hydrogen-bond donors (Lipinski definition) is 4. The standard InChI is InChI=1S/C37H37ClN4O3/c1-25-33(36(43)41-22-19-31(26-11-4-2-5-12-26)27-13-6-3-7-14-27)34(28-15-10-16-29(38)23-28)35(37(44)45)32(42-25)24-39-21-18-30-17-8-9-20-40-30/h2-17,20,23,31,34,39,42H,18-19,21-22,24H2,1H3,(H,41,43)(H,44,45). The first-order valence-corrected chi connectivity index (χ1v) is 15.5. The van der Waals surface area contributed by atoms with E-state index in [1.165, 1.54) is 11.1 Å². The van der Waals surface area contributed by atoms with Crippen LogP contribution in [-0.4, -0.2) is 41.6 Å². The van der Waals surface area contributed by atoms with Gasteiger partial charge in [-0.1, -0.05) is 90.5 Å². The van der Waals surface area contributed by atoms with E-state index in [-0.39, 0.29) is 23.9 Å². The van der Waals surface area contributed by atoms with Gasteiger partial charge in [0.15, 0.2) is 0 Å². The predicted octanol–water partition coefficient (Wildman–Crippen LogP) is 6.21. The van der Waals surface area contributed by atoms with E-state index < -0.39 is 11.9 Å². The number of rotatable bonds is 13. The lowest BCUT2D eigenvalue weighted by Crippen LogP contribution is -2.39. The Hall–Kier alpha value is -4.72. The van der Waals surface area contributed by atoms with Crippen molar-refractivity contribution in [2.24, 2.45) is 0 Å². The highest BCUT2D eigenvalue weighted by atomic mass is 35.5. The van der Waals surface area contributed by atoms with Crippen LogP contribution >= 0.6 is 11.6 Å². The molecule has 1 unspecified atom stereocenters. The average Bonchev–Trinajstić information content (AvgIpc) is 3.05. The number of amides is 1. The lowest BCUT2D eigenvalue weighted by atomic mass is 9.79. The maximum absolute atomic E-state index is 13.9. The number of carboxylic acid groups (broad SMARTS) is 1. The molecule has 0 spiro atoms. The maximum Gasteiger partial charge on any atom is 0.334 e. The van der Waals surface area contributed by atoms with Crippen LogP contribution in [0.15, 0.2) is 132 Å². The molecule has 0 saturated heterocycles. The molecular weight excluding hydrogens is 584 g/mol. The van der Waals surface area contributed by atoms with Gasteiger partial charge in [-0.25, -0.2) is 4.79 Å². The van der Waals surface area contributed by atoms with Gasteiger partial charge in [-0.05, 0) is 54.3 Å². The summed E-state index contributed by atoms with van der Waals surface area (Å²) in [5.74, 6) is -2.13. The molecule has 1 amide bonds. The minimum absolute atomic E-state index is 0.0919. The number of carbonyl (C=O) groups is 2. The molecule has 3 aromatic carbocycles. The first kappa shape index (κ1) is 31.7. The molecule has 1 aliphatic heterocycles. The molecule has 0 saturated carbocycles. The summed E-state index contributed by atoms with van der Waals surface area (Å²) >= 11 is 6.37. The fourth-order valence-electron chi connectivity index (χ4n) is 5.91. The number of carboxylic acids is 1. The van der Waals surface area contributed by atoms with Crippen molar-refractivity contribution in [3.05, 3.63) is 159 Å². The predicted molar refractivity (Wildman–Crippen MR) is 178 cm³/mol. The smallest absolute Gasteiger partial charge is 0.334 e. The van der Waals surface area contributed by atoms with Crippen molar-refractivity contribution in [2.75, 3.05) is 19.6 Å². The Bertz CT molecular complexity index is 1630. The van der Waals surface area contributed by atoms with E-state index in [1.807, 2.05) is 67.6 Å². The molecule has 7 nitrogen and oxygen atoms in total. The van der Waals surface area contributed by atoms with Crippen LogP contribution in [0.25, 0.3) is 0 Å². The van der Waals surface area contributed by atoms with Crippen LogP contribution in [0.5, 0.6) is 0 Å². The zero-order chi connectivity index (χ0) is 31.6. The number of aromatic nitrogens is 1. The van der Waals surface area contributed by atoms with Crippen LogP contribution in [0.3, 0.4) is 0 Å². The maximum atomic E-state index is 13.9. The molecule has 230 valence electrons. The number of nitrogens with one attached hydrogen (secondary N) is 3. The molecule has 4 aromatic rings. The third-order valence-corrected chi connectivity index (χ3v) is 8.25. The lowest BCUT2D eigenvalue weighted by molar-refractivity contribution is -0.133. The molecule has 0 bridgehead atoms. The molecule has 1 aliphatic rings. The minimum Gasteiger partial charge on any atom is -0.478 e. The van der Waals surface area contributed by atoms with Gasteiger partial charge in [0.2, 0.25) is 5.91 Å². The van der Waals surface area contributed by atoms with Crippen LogP contribution in [-0.2, 0) is 16.0 Å². The van der Waals surface area contributed by atoms with Gasteiger partial charge >= 0.3 is 5.97 Å². The number of halogens is 1. The van der Waals surface area contributed by atoms with Crippen molar-refractivity contribution in [1.82, 2.24) is 20.9 Å². The Morgan fingerprint density at radius 1 is 0.889 bits per heavy atom. The van der Waals surface area contributed by atoms with Crippen LogP contribution in [0, 0.1) is 0 Å². The van der Waals surface area contributed by atoms with Gasteiger partial charge < -0.3 is 21.1 Å². The van der Waals surface area contributed by atoms with Gasteiger partial charge in [0.1, 0.15) is 0 Å². The molecule has 1 atom stereocenters. The van der Waals surface area contributed by atoms with E-state index in [0.29, 0.717) is 53.5 Å². The third-order valence-electron chi connectivity index (χ3n) is 8.01. The number of carbonyl (C=O) groups excluding carboxylic acids is 1. The summed E-state index contributed by atoms with van der Waals surface area (Å²) in [7, 11) is 0. The summed E-state index contributed by atoms with van der Waals surface area (Å²) in [5.41, 5.74) is 5.52. The van der Waals surface area contributed by atoms with Gasteiger partial charge in [0.25, 0.3) is 0 Å². The minimum atomic E-state index is -1.10. The third kappa shape index (κ3) is 8.06. The molecule has 0 aliphatic carbocycles. The monoisotopic (exact) mass is 620 g/mol. The van der Waals surface area contributed by atoms with E-state index in [2.05, 4.69) is 45.2 Å². The molecule has 2 heterocycles.